The van der Waals surface area contributed by atoms with Gasteiger partial charge in [-0.15, -0.1) is 11.3 Å². The fraction of sp³-hybridized carbons (Fsp3) is 0.0833. The largest absolute Gasteiger partial charge is 0.289 e. The van der Waals surface area contributed by atoms with E-state index < -0.39 is 0 Å². The van der Waals surface area contributed by atoms with Crippen LogP contribution >= 0.6 is 59.1 Å². The van der Waals surface area contributed by atoms with Gasteiger partial charge in [-0.25, -0.2) is 0 Å². The maximum absolute atomic E-state index is 12.4. The van der Waals surface area contributed by atoms with E-state index in [9.17, 15) is 4.79 Å². The van der Waals surface area contributed by atoms with Gasteiger partial charge in [-0.3, -0.25) is 4.79 Å². The van der Waals surface area contributed by atoms with Gasteiger partial charge in [-0.1, -0.05) is 15.9 Å². The van der Waals surface area contributed by atoms with Crippen LogP contribution in [0.2, 0.25) is 0 Å². The van der Waals surface area contributed by atoms with Gasteiger partial charge in [0.2, 0.25) is 0 Å². The molecule has 0 aliphatic heterocycles. The average Bonchev–Trinajstić information content (AvgIpc) is 2.57. The first-order valence-electron chi connectivity index (χ1n) is 4.74. The Morgan fingerprint density at radius 2 is 1.82 bits per heavy atom. The second kappa shape index (κ2) is 5.34. The van der Waals surface area contributed by atoms with E-state index in [1.807, 2.05) is 31.2 Å². The average molecular weight is 439 g/mol. The van der Waals surface area contributed by atoms with E-state index in [1.54, 1.807) is 11.3 Å². The highest BCUT2D eigenvalue weighted by Gasteiger charge is 2.17. The van der Waals surface area contributed by atoms with Crippen LogP contribution in [0.4, 0.5) is 0 Å². The summed E-state index contributed by atoms with van der Waals surface area (Å²) in [5, 5.41) is 0. The van der Waals surface area contributed by atoms with E-state index in [4.69, 9.17) is 0 Å². The summed E-state index contributed by atoms with van der Waals surface area (Å²) in [6.07, 6.45) is 0. The fourth-order valence-electron chi connectivity index (χ4n) is 1.49. The topological polar surface area (TPSA) is 17.1 Å². The molecule has 2 aromatic rings. The molecule has 1 aromatic carbocycles. The third kappa shape index (κ3) is 2.89. The van der Waals surface area contributed by atoms with Crippen LogP contribution in [0.15, 0.2) is 37.0 Å². The van der Waals surface area contributed by atoms with E-state index in [0.717, 1.165) is 23.2 Å². The zero-order chi connectivity index (χ0) is 12.6. The summed E-state index contributed by atoms with van der Waals surface area (Å²) in [5.41, 5.74) is 1.44. The molecule has 0 atom stereocenters. The summed E-state index contributed by atoms with van der Waals surface area (Å²) in [5.74, 6) is 0.0452. The highest BCUT2D eigenvalue weighted by atomic mass is 79.9. The molecule has 17 heavy (non-hydrogen) atoms. The maximum atomic E-state index is 12.4. The van der Waals surface area contributed by atoms with Crippen molar-refractivity contribution in [2.24, 2.45) is 0 Å². The minimum absolute atomic E-state index is 0.0452. The third-order valence-corrected chi connectivity index (χ3v) is 5.01. The molecule has 0 saturated heterocycles. The number of aryl methyl sites for hydroxylation is 1. The van der Waals surface area contributed by atoms with E-state index in [1.165, 1.54) is 0 Å². The number of carbonyl (C=O) groups excluding carboxylic acids is 1. The predicted octanol–water partition coefficient (Wildman–Crippen LogP) is 5.58. The Hall–Kier alpha value is 0.0300. The van der Waals surface area contributed by atoms with E-state index in [0.29, 0.717) is 5.56 Å². The highest BCUT2D eigenvalue weighted by molar-refractivity contribution is 9.11. The number of carbonyl (C=O) groups is 1. The Bertz CT molecular complexity index is 589. The minimum Gasteiger partial charge on any atom is -0.289 e. The molecular formula is C12H7Br3OS. The van der Waals surface area contributed by atoms with Crippen molar-refractivity contribution in [2.45, 2.75) is 6.92 Å². The van der Waals surface area contributed by atoms with E-state index >= 15 is 0 Å². The van der Waals surface area contributed by atoms with Crippen molar-refractivity contribution in [3.8, 4) is 0 Å². The number of hydrogen-bond donors (Lipinski definition) is 0. The fourth-order valence-corrected chi connectivity index (χ4v) is 4.41. The normalized spacial score (nSPS) is 10.6. The lowest BCUT2D eigenvalue weighted by molar-refractivity contribution is 0.103. The molecule has 0 fully saturated rings. The van der Waals surface area contributed by atoms with Gasteiger partial charge in [0.25, 0.3) is 0 Å². The molecule has 88 valence electrons. The number of thiophene rings is 1. The summed E-state index contributed by atoms with van der Waals surface area (Å²) < 4.78 is 2.73. The SMILES string of the molecule is Cc1sc(Br)cc1C(=O)c1ccc(Br)cc1Br. The summed E-state index contributed by atoms with van der Waals surface area (Å²) in [7, 11) is 0. The Morgan fingerprint density at radius 3 is 2.35 bits per heavy atom. The van der Waals surface area contributed by atoms with Crippen LogP contribution in [0, 0.1) is 6.92 Å². The molecular weight excluding hydrogens is 432 g/mol. The molecule has 2 rings (SSSR count). The van der Waals surface area contributed by atoms with E-state index in [2.05, 4.69) is 47.8 Å². The van der Waals surface area contributed by atoms with Crippen molar-refractivity contribution in [2.75, 3.05) is 0 Å². The first kappa shape index (κ1) is 13.5. The second-order valence-electron chi connectivity index (χ2n) is 3.47. The molecule has 5 heteroatoms. The van der Waals surface area contributed by atoms with Crippen LogP contribution in [-0.4, -0.2) is 5.78 Å². The molecule has 0 unspecified atom stereocenters. The summed E-state index contributed by atoms with van der Waals surface area (Å²) in [4.78, 5) is 13.4. The van der Waals surface area contributed by atoms with Crippen LogP contribution < -0.4 is 0 Å². The second-order valence-corrected chi connectivity index (χ2v) is 7.88. The number of ketones is 1. The van der Waals surface area contributed by atoms with Crippen LogP contribution in [0.5, 0.6) is 0 Å². The Morgan fingerprint density at radius 1 is 1.12 bits per heavy atom. The van der Waals surface area contributed by atoms with Crippen LogP contribution in [0.3, 0.4) is 0 Å². The van der Waals surface area contributed by atoms with Gasteiger partial charge in [-0.05, 0) is 63.0 Å². The number of rotatable bonds is 2. The molecule has 0 spiro atoms. The lowest BCUT2D eigenvalue weighted by Crippen LogP contribution is -2.02. The Kier molecular flexibility index (Phi) is 4.23. The van der Waals surface area contributed by atoms with Crippen molar-refractivity contribution < 1.29 is 4.79 Å². The van der Waals surface area contributed by atoms with Crippen LogP contribution in [0.1, 0.15) is 20.8 Å². The summed E-state index contributed by atoms with van der Waals surface area (Å²) in [6.45, 7) is 1.95. The number of benzene rings is 1. The third-order valence-electron chi connectivity index (χ3n) is 2.31. The van der Waals surface area contributed by atoms with Gasteiger partial charge in [0.15, 0.2) is 5.78 Å². The Balaban J connectivity index is 2.47. The maximum Gasteiger partial charge on any atom is 0.195 e. The highest BCUT2D eigenvalue weighted by Crippen LogP contribution is 2.30. The molecule has 0 bridgehead atoms. The molecule has 0 aliphatic rings. The Labute approximate surface area is 129 Å². The summed E-state index contributed by atoms with van der Waals surface area (Å²) >= 11 is 11.8. The molecule has 0 amide bonds. The lowest BCUT2D eigenvalue weighted by Gasteiger charge is -2.03. The standard InChI is InChI=1S/C12H7Br3OS/c1-6-9(5-11(15)17-6)12(16)8-3-2-7(13)4-10(8)14/h2-5H,1H3. The molecule has 1 heterocycles. The first-order chi connectivity index (χ1) is 7.99. The van der Waals surface area contributed by atoms with Gasteiger partial charge in [0.05, 0.1) is 3.79 Å². The van der Waals surface area contributed by atoms with Crippen molar-refractivity contribution in [1.82, 2.24) is 0 Å². The molecule has 0 aliphatic carbocycles. The van der Waals surface area contributed by atoms with Gasteiger partial charge < -0.3 is 0 Å². The zero-order valence-corrected chi connectivity index (χ0v) is 14.3. The van der Waals surface area contributed by atoms with Crippen molar-refractivity contribution in [1.29, 1.82) is 0 Å². The monoisotopic (exact) mass is 436 g/mol. The molecule has 0 radical (unpaired) electrons. The van der Waals surface area contributed by atoms with Crippen LogP contribution in [-0.2, 0) is 0 Å². The lowest BCUT2D eigenvalue weighted by atomic mass is 10.0. The smallest absolute Gasteiger partial charge is 0.195 e. The molecule has 1 aromatic heterocycles. The van der Waals surface area contributed by atoms with Gasteiger partial charge >= 0.3 is 0 Å². The van der Waals surface area contributed by atoms with Crippen molar-refractivity contribution in [3.05, 3.63) is 53.0 Å². The first-order valence-corrected chi connectivity index (χ1v) is 7.94. The van der Waals surface area contributed by atoms with Crippen LogP contribution in [0.25, 0.3) is 0 Å². The predicted molar refractivity (Wildman–Crippen MR) is 82.0 cm³/mol. The zero-order valence-electron chi connectivity index (χ0n) is 8.76. The molecule has 0 saturated carbocycles. The van der Waals surface area contributed by atoms with Gasteiger partial charge in [-0.2, -0.15) is 0 Å². The molecule has 0 N–H and O–H groups in total. The minimum atomic E-state index is 0.0452. The number of halogens is 3. The van der Waals surface area contributed by atoms with Gasteiger partial charge in [0.1, 0.15) is 0 Å². The molecule has 1 nitrogen and oxygen atoms in total. The number of hydrogen-bond acceptors (Lipinski definition) is 2. The van der Waals surface area contributed by atoms with Crippen molar-refractivity contribution >= 4 is 64.9 Å². The van der Waals surface area contributed by atoms with Crippen molar-refractivity contribution in [3.63, 3.8) is 0 Å². The summed E-state index contributed by atoms with van der Waals surface area (Å²) in [6, 6.07) is 7.44. The quantitative estimate of drug-likeness (QED) is 0.560. The van der Waals surface area contributed by atoms with Gasteiger partial charge in [0, 0.05) is 24.9 Å². The van der Waals surface area contributed by atoms with E-state index in [-0.39, 0.29) is 5.78 Å².